The number of ether oxygens (including phenoxy) is 3. The van der Waals surface area contributed by atoms with Gasteiger partial charge < -0.3 is 24.8 Å². The molecule has 1 heterocycles. The lowest BCUT2D eigenvalue weighted by molar-refractivity contribution is 0.143. The third kappa shape index (κ3) is 7.80. The Morgan fingerprint density at radius 1 is 1.30 bits per heavy atom. The number of hydrogen-bond acceptors (Lipinski definition) is 5. The first kappa shape index (κ1) is 19.2. The van der Waals surface area contributed by atoms with E-state index in [1.165, 1.54) is 0 Å². The van der Waals surface area contributed by atoms with Crippen molar-refractivity contribution in [2.45, 2.75) is 26.4 Å². The topological polar surface area (TPSA) is 77.0 Å². The zero-order chi connectivity index (χ0) is 16.9. The van der Waals surface area contributed by atoms with E-state index in [1.54, 1.807) is 20.4 Å². The van der Waals surface area contributed by atoms with Gasteiger partial charge in [0.1, 0.15) is 6.61 Å². The van der Waals surface area contributed by atoms with Gasteiger partial charge in [0.05, 0.1) is 19.8 Å². The third-order valence-corrected chi connectivity index (χ3v) is 2.93. The van der Waals surface area contributed by atoms with Crippen LogP contribution in [0.4, 0.5) is 0 Å². The summed E-state index contributed by atoms with van der Waals surface area (Å²) in [7, 11) is 3.32. The fourth-order valence-corrected chi connectivity index (χ4v) is 1.91. The lowest BCUT2D eigenvalue weighted by Gasteiger charge is -2.17. The van der Waals surface area contributed by atoms with Gasteiger partial charge in [0.2, 0.25) is 5.88 Å². The van der Waals surface area contributed by atoms with Gasteiger partial charge in [0.25, 0.3) is 0 Å². The molecular formula is C16H28N4O3. The van der Waals surface area contributed by atoms with Gasteiger partial charge in [-0.3, -0.25) is 0 Å². The predicted molar refractivity (Wildman–Crippen MR) is 90.9 cm³/mol. The molecule has 0 radical (unpaired) electrons. The molecule has 0 aliphatic carbocycles. The molecule has 1 aromatic rings. The van der Waals surface area contributed by atoms with Crippen molar-refractivity contribution in [2.75, 3.05) is 40.6 Å². The zero-order valence-corrected chi connectivity index (χ0v) is 14.5. The maximum Gasteiger partial charge on any atom is 0.218 e. The number of hydrogen-bond donors (Lipinski definition) is 2. The van der Waals surface area contributed by atoms with E-state index in [0.717, 1.165) is 18.1 Å². The van der Waals surface area contributed by atoms with Crippen molar-refractivity contribution >= 4 is 5.96 Å². The largest absolute Gasteiger partial charge is 0.475 e. The number of aliphatic imine (C=N–C) groups is 1. The minimum atomic E-state index is 0.170. The molecule has 0 saturated carbocycles. The van der Waals surface area contributed by atoms with Crippen molar-refractivity contribution in [2.24, 2.45) is 4.99 Å². The molecule has 2 N–H and O–H groups in total. The first-order valence-electron chi connectivity index (χ1n) is 7.80. The molecule has 0 spiro atoms. The molecule has 0 bridgehead atoms. The second kappa shape index (κ2) is 11.7. The Morgan fingerprint density at radius 3 is 2.83 bits per heavy atom. The van der Waals surface area contributed by atoms with Crippen LogP contribution < -0.4 is 15.4 Å². The second-order valence-corrected chi connectivity index (χ2v) is 5.00. The molecule has 1 unspecified atom stereocenters. The van der Waals surface area contributed by atoms with E-state index in [-0.39, 0.29) is 6.04 Å². The van der Waals surface area contributed by atoms with Crippen LogP contribution in [0.3, 0.4) is 0 Å². The van der Waals surface area contributed by atoms with Crippen LogP contribution in [0.2, 0.25) is 0 Å². The van der Waals surface area contributed by atoms with E-state index in [9.17, 15) is 0 Å². The molecule has 0 aromatic carbocycles. The van der Waals surface area contributed by atoms with Gasteiger partial charge in [-0.05, 0) is 19.9 Å². The number of aromatic nitrogens is 1. The number of pyridine rings is 1. The lowest BCUT2D eigenvalue weighted by Crippen LogP contribution is -2.43. The Morgan fingerprint density at radius 2 is 2.13 bits per heavy atom. The minimum absolute atomic E-state index is 0.170. The molecule has 7 nitrogen and oxygen atoms in total. The monoisotopic (exact) mass is 324 g/mol. The van der Waals surface area contributed by atoms with Gasteiger partial charge in [-0.25, -0.2) is 9.98 Å². The maximum atomic E-state index is 5.62. The normalized spacial score (nSPS) is 12.8. The molecular weight excluding hydrogens is 296 g/mol. The average Bonchev–Trinajstić information content (AvgIpc) is 2.54. The summed E-state index contributed by atoms with van der Waals surface area (Å²) in [6.45, 7) is 6.94. The zero-order valence-electron chi connectivity index (χ0n) is 14.5. The molecule has 0 amide bonds. The Bertz CT molecular complexity index is 468. The van der Waals surface area contributed by atoms with Crippen molar-refractivity contribution in [3.05, 3.63) is 23.9 Å². The summed E-state index contributed by atoms with van der Waals surface area (Å²) in [5, 5.41) is 6.51. The first-order valence-corrected chi connectivity index (χ1v) is 7.80. The van der Waals surface area contributed by atoms with E-state index in [2.05, 4.69) is 20.6 Å². The molecule has 130 valence electrons. The number of rotatable bonds is 10. The second-order valence-electron chi connectivity index (χ2n) is 5.00. The van der Waals surface area contributed by atoms with Crippen LogP contribution in [0, 0.1) is 0 Å². The molecule has 0 aliphatic heterocycles. The molecule has 23 heavy (non-hydrogen) atoms. The summed E-state index contributed by atoms with van der Waals surface area (Å²) >= 11 is 0. The molecule has 1 rings (SSSR count). The van der Waals surface area contributed by atoms with Crippen LogP contribution in [0.5, 0.6) is 5.88 Å². The highest BCUT2D eigenvalue weighted by Crippen LogP contribution is 2.15. The van der Waals surface area contributed by atoms with E-state index >= 15 is 0 Å². The van der Waals surface area contributed by atoms with Gasteiger partial charge in [-0.2, -0.15) is 0 Å². The average molecular weight is 324 g/mol. The Kier molecular flexibility index (Phi) is 9.74. The van der Waals surface area contributed by atoms with Gasteiger partial charge in [-0.1, -0.05) is 6.07 Å². The highest BCUT2D eigenvalue weighted by molar-refractivity contribution is 5.80. The van der Waals surface area contributed by atoms with Gasteiger partial charge in [0.15, 0.2) is 5.96 Å². The van der Waals surface area contributed by atoms with Gasteiger partial charge in [0, 0.05) is 38.6 Å². The molecule has 1 aromatic heterocycles. The van der Waals surface area contributed by atoms with Crippen LogP contribution in [0.1, 0.15) is 19.4 Å². The first-order chi connectivity index (χ1) is 11.2. The van der Waals surface area contributed by atoms with Crippen LogP contribution in [0.15, 0.2) is 23.3 Å². The Labute approximate surface area is 138 Å². The van der Waals surface area contributed by atoms with E-state index in [1.807, 2.05) is 26.0 Å². The van der Waals surface area contributed by atoms with E-state index in [0.29, 0.717) is 32.2 Å². The number of methoxy groups -OCH3 is 2. The minimum Gasteiger partial charge on any atom is -0.475 e. The van der Waals surface area contributed by atoms with Crippen LogP contribution >= 0.6 is 0 Å². The van der Waals surface area contributed by atoms with Crippen molar-refractivity contribution in [1.82, 2.24) is 15.6 Å². The highest BCUT2D eigenvalue weighted by atomic mass is 16.5. The summed E-state index contributed by atoms with van der Waals surface area (Å²) in [5.41, 5.74) is 0.931. The van der Waals surface area contributed by atoms with E-state index < -0.39 is 0 Å². The molecule has 0 saturated heterocycles. The Hall–Kier alpha value is -1.86. The van der Waals surface area contributed by atoms with Gasteiger partial charge >= 0.3 is 0 Å². The Balaban J connectivity index is 2.70. The van der Waals surface area contributed by atoms with E-state index in [4.69, 9.17) is 14.2 Å². The SMILES string of the molecule is CCNC(=NCc1cccnc1OCCOC)NC(C)COC. The highest BCUT2D eigenvalue weighted by Gasteiger charge is 2.07. The summed E-state index contributed by atoms with van der Waals surface area (Å²) in [4.78, 5) is 8.84. The third-order valence-electron chi connectivity index (χ3n) is 2.93. The molecule has 1 atom stereocenters. The van der Waals surface area contributed by atoms with Crippen LogP contribution in [0.25, 0.3) is 0 Å². The summed E-state index contributed by atoms with van der Waals surface area (Å²) in [6, 6.07) is 4.01. The van der Waals surface area contributed by atoms with Crippen molar-refractivity contribution in [1.29, 1.82) is 0 Å². The standard InChI is InChI=1S/C16H28N4O3/c1-5-17-16(20-13(2)12-22-4)19-11-14-7-6-8-18-15(14)23-10-9-21-3/h6-8,13H,5,9-12H2,1-4H3,(H2,17,19,20). The van der Waals surface area contributed by atoms with Crippen molar-refractivity contribution in [3.63, 3.8) is 0 Å². The van der Waals surface area contributed by atoms with Crippen molar-refractivity contribution in [3.8, 4) is 5.88 Å². The quantitative estimate of drug-likeness (QED) is 0.382. The molecule has 0 fully saturated rings. The fraction of sp³-hybridized carbons (Fsp3) is 0.625. The van der Waals surface area contributed by atoms with Crippen LogP contribution in [-0.2, 0) is 16.0 Å². The predicted octanol–water partition coefficient (Wildman–Crippen LogP) is 1.20. The lowest BCUT2D eigenvalue weighted by atomic mass is 10.3. The summed E-state index contributed by atoms with van der Waals surface area (Å²) in [5.74, 6) is 1.33. The molecule has 0 aliphatic rings. The molecule has 7 heteroatoms. The van der Waals surface area contributed by atoms with Gasteiger partial charge in [-0.15, -0.1) is 0 Å². The smallest absolute Gasteiger partial charge is 0.218 e. The maximum absolute atomic E-state index is 5.62. The number of guanidine groups is 1. The van der Waals surface area contributed by atoms with Crippen molar-refractivity contribution < 1.29 is 14.2 Å². The number of nitrogens with zero attached hydrogens (tertiary/aromatic N) is 2. The summed E-state index contributed by atoms with van der Waals surface area (Å²) < 4.78 is 15.7. The fourth-order valence-electron chi connectivity index (χ4n) is 1.91. The van der Waals surface area contributed by atoms with Crippen LogP contribution in [-0.4, -0.2) is 57.6 Å². The summed E-state index contributed by atoms with van der Waals surface area (Å²) in [6.07, 6.45) is 1.71. The number of nitrogens with one attached hydrogen (secondary N) is 2.